The molecule has 4 heteroatoms. The fourth-order valence-electron chi connectivity index (χ4n) is 2.41. The summed E-state index contributed by atoms with van der Waals surface area (Å²) >= 11 is 12.8. The van der Waals surface area contributed by atoms with Crippen molar-refractivity contribution in [1.82, 2.24) is 0 Å². The Hall–Kier alpha value is -0.730. The van der Waals surface area contributed by atoms with E-state index >= 15 is 0 Å². The average molecular weight is 273 g/mol. The maximum atomic E-state index is 10.6. The van der Waals surface area contributed by atoms with Crippen LogP contribution in [0, 0.1) is 0 Å². The van der Waals surface area contributed by atoms with E-state index in [0.29, 0.717) is 10.6 Å². The van der Waals surface area contributed by atoms with Crippen LogP contribution in [0.25, 0.3) is 0 Å². The number of aliphatic carboxylic acids is 1. The Morgan fingerprint density at radius 2 is 2.00 bits per heavy atom. The summed E-state index contributed by atoms with van der Waals surface area (Å²) in [6.45, 7) is 0. The van der Waals surface area contributed by atoms with Gasteiger partial charge in [0.15, 0.2) is 0 Å². The minimum absolute atomic E-state index is 0.00468. The van der Waals surface area contributed by atoms with Crippen LogP contribution < -0.4 is 0 Å². The Balaban J connectivity index is 2.28. The molecule has 0 atom stereocenters. The molecule has 1 aliphatic carbocycles. The van der Waals surface area contributed by atoms with Crippen LogP contribution in [0.1, 0.15) is 36.8 Å². The third-order valence-corrected chi connectivity index (χ3v) is 4.16. The maximum Gasteiger partial charge on any atom is 0.307 e. The van der Waals surface area contributed by atoms with Crippen molar-refractivity contribution in [3.63, 3.8) is 0 Å². The SMILES string of the molecule is O=C(O)Cc1ccc(C2(Cl)CCCC2)c(Cl)c1. The second-order valence-electron chi connectivity index (χ2n) is 4.56. The van der Waals surface area contributed by atoms with Crippen LogP contribution in [-0.4, -0.2) is 11.1 Å². The van der Waals surface area contributed by atoms with Crippen LogP contribution in [0.3, 0.4) is 0 Å². The topological polar surface area (TPSA) is 37.3 Å². The van der Waals surface area contributed by atoms with E-state index in [4.69, 9.17) is 28.3 Å². The quantitative estimate of drug-likeness (QED) is 0.846. The average Bonchev–Trinajstić information content (AvgIpc) is 2.65. The van der Waals surface area contributed by atoms with Gasteiger partial charge in [0.1, 0.15) is 0 Å². The van der Waals surface area contributed by atoms with Crippen molar-refractivity contribution in [2.24, 2.45) is 0 Å². The van der Waals surface area contributed by atoms with Gasteiger partial charge in [0, 0.05) is 5.02 Å². The summed E-state index contributed by atoms with van der Waals surface area (Å²) in [6.07, 6.45) is 4.11. The van der Waals surface area contributed by atoms with E-state index < -0.39 is 5.97 Å². The standard InChI is InChI=1S/C13H14Cl2O2/c14-11-7-9(8-12(16)17)3-4-10(11)13(15)5-1-2-6-13/h3-4,7H,1-2,5-6,8H2,(H,16,17). The zero-order valence-corrected chi connectivity index (χ0v) is 10.9. The van der Waals surface area contributed by atoms with E-state index in [1.165, 1.54) is 0 Å². The summed E-state index contributed by atoms with van der Waals surface area (Å²) in [7, 11) is 0. The lowest BCUT2D eigenvalue weighted by molar-refractivity contribution is -0.136. The highest BCUT2D eigenvalue weighted by Gasteiger charge is 2.34. The predicted octanol–water partition coefficient (Wildman–Crippen LogP) is 3.98. The van der Waals surface area contributed by atoms with Gasteiger partial charge in [-0.1, -0.05) is 36.6 Å². The third kappa shape index (κ3) is 2.75. The highest BCUT2D eigenvalue weighted by atomic mass is 35.5. The molecule has 1 N–H and O–H groups in total. The zero-order chi connectivity index (χ0) is 12.5. The van der Waals surface area contributed by atoms with E-state index in [1.807, 2.05) is 6.07 Å². The second kappa shape index (κ2) is 4.87. The van der Waals surface area contributed by atoms with Crippen LogP contribution in [0.2, 0.25) is 5.02 Å². The van der Waals surface area contributed by atoms with Gasteiger partial charge in [-0.15, -0.1) is 11.6 Å². The number of hydrogen-bond donors (Lipinski definition) is 1. The first-order valence-corrected chi connectivity index (χ1v) is 6.46. The minimum Gasteiger partial charge on any atom is -0.481 e. The molecule has 1 saturated carbocycles. The molecule has 0 amide bonds. The fraction of sp³-hybridized carbons (Fsp3) is 0.462. The first-order chi connectivity index (χ1) is 8.01. The van der Waals surface area contributed by atoms with Crippen LogP contribution in [0.4, 0.5) is 0 Å². The Morgan fingerprint density at radius 1 is 1.35 bits per heavy atom. The van der Waals surface area contributed by atoms with Gasteiger partial charge < -0.3 is 5.11 Å². The molecule has 0 spiro atoms. The molecular weight excluding hydrogens is 259 g/mol. The summed E-state index contributed by atoms with van der Waals surface area (Å²) in [5.74, 6) is -0.852. The third-order valence-electron chi connectivity index (χ3n) is 3.27. The van der Waals surface area contributed by atoms with Gasteiger partial charge in [0.05, 0.1) is 11.3 Å². The molecule has 1 fully saturated rings. The lowest BCUT2D eigenvalue weighted by Gasteiger charge is -2.22. The molecular formula is C13H14Cl2O2. The van der Waals surface area contributed by atoms with Crippen LogP contribution in [-0.2, 0) is 16.1 Å². The molecule has 92 valence electrons. The first-order valence-electron chi connectivity index (χ1n) is 5.71. The minimum atomic E-state index is -0.852. The molecule has 1 aromatic rings. The van der Waals surface area contributed by atoms with Crippen molar-refractivity contribution >= 4 is 29.2 Å². The van der Waals surface area contributed by atoms with Crippen molar-refractivity contribution in [3.8, 4) is 0 Å². The highest BCUT2D eigenvalue weighted by molar-refractivity contribution is 6.33. The molecule has 0 aromatic heterocycles. The monoisotopic (exact) mass is 272 g/mol. The zero-order valence-electron chi connectivity index (χ0n) is 9.38. The lowest BCUT2D eigenvalue weighted by Crippen LogP contribution is -2.14. The molecule has 2 nitrogen and oxygen atoms in total. The summed E-state index contributed by atoms with van der Waals surface area (Å²) in [5, 5.41) is 9.30. The highest BCUT2D eigenvalue weighted by Crippen LogP contribution is 2.47. The number of hydrogen-bond acceptors (Lipinski definition) is 1. The Labute approximate surface area is 111 Å². The van der Waals surface area contributed by atoms with Crippen molar-refractivity contribution in [2.45, 2.75) is 37.0 Å². The van der Waals surface area contributed by atoms with Crippen LogP contribution in [0.15, 0.2) is 18.2 Å². The molecule has 0 heterocycles. The largest absolute Gasteiger partial charge is 0.481 e. The summed E-state index contributed by atoms with van der Waals surface area (Å²) < 4.78 is 0. The van der Waals surface area contributed by atoms with Gasteiger partial charge in [-0.2, -0.15) is 0 Å². The smallest absolute Gasteiger partial charge is 0.307 e. The molecule has 0 aliphatic heterocycles. The molecule has 0 saturated heterocycles. The van der Waals surface area contributed by atoms with Gasteiger partial charge >= 0.3 is 5.97 Å². The number of carbonyl (C=O) groups is 1. The summed E-state index contributed by atoms with van der Waals surface area (Å²) in [5.41, 5.74) is 1.65. The number of carboxylic acids is 1. The Bertz CT molecular complexity index is 437. The molecule has 1 aromatic carbocycles. The van der Waals surface area contributed by atoms with Crippen LogP contribution >= 0.6 is 23.2 Å². The van der Waals surface area contributed by atoms with Gasteiger partial charge in [0.25, 0.3) is 0 Å². The number of alkyl halides is 1. The van der Waals surface area contributed by atoms with E-state index in [-0.39, 0.29) is 11.3 Å². The number of rotatable bonds is 3. The van der Waals surface area contributed by atoms with Gasteiger partial charge in [-0.3, -0.25) is 4.79 Å². The lowest BCUT2D eigenvalue weighted by atomic mass is 9.95. The van der Waals surface area contributed by atoms with Crippen LogP contribution in [0.5, 0.6) is 0 Å². The predicted molar refractivity (Wildman–Crippen MR) is 68.8 cm³/mol. The Kier molecular flexibility index (Phi) is 3.64. The van der Waals surface area contributed by atoms with Crippen molar-refractivity contribution < 1.29 is 9.90 Å². The van der Waals surface area contributed by atoms with Gasteiger partial charge in [-0.25, -0.2) is 0 Å². The normalized spacial score (nSPS) is 18.2. The number of carboxylic acid groups (broad SMARTS) is 1. The second-order valence-corrected chi connectivity index (χ2v) is 5.69. The fourth-order valence-corrected chi connectivity index (χ4v) is 3.28. The van der Waals surface area contributed by atoms with Gasteiger partial charge in [0.2, 0.25) is 0 Å². The molecule has 17 heavy (non-hydrogen) atoms. The number of benzene rings is 1. The van der Waals surface area contributed by atoms with Crippen molar-refractivity contribution in [2.75, 3.05) is 0 Å². The number of halogens is 2. The van der Waals surface area contributed by atoms with E-state index in [2.05, 4.69) is 0 Å². The van der Waals surface area contributed by atoms with E-state index in [0.717, 1.165) is 31.2 Å². The molecule has 0 unspecified atom stereocenters. The van der Waals surface area contributed by atoms with Crippen molar-refractivity contribution in [3.05, 3.63) is 34.3 Å². The molecule has 2 rings (SSSR count). The molecule has 1 aliphatic rings. The molecule has 0 radical (unpaired) electrons. The maximum absolute atomic E-state index is 10.6. The summed E-state index contributed by atoms with van der Waals surface area (Å²) in [4.78, 5) is 10.3. The van der Waals surface area contributed by atoms with E-state index in [1.54, 1.807) is 12.1 Å². The Morgan fingerprint density at radius 3 is 2.53 bits per heavy atom. The molecule has 0 bridgehead atoms. The first kappa shape index (κ1) is 12.7. The van der Waals surface area contributed by atoms with Gasteiger partial charge in [-0.05, 0) is 30.0 Å². The van der Waals surface area contributed by atoms with Crippen molar-refractivity contribution in [1.29, 1.82) is 0 Å². The van der Waals surface area contributed by atoms with E-state index in [9.17, 15) is 4.79 Å². The summed E-state index contributed by atoms with van der Waals surface area (Å²) in [6, 6.07) is 5.39.